The van der Waals surface area contributed by atoms with Crippen molar-refractivity contribution in [3.63, 3.8) is 0 Å². The highest BCUT2D eigenvalue weighted by Crippen LogP contribution is 2.29. The van der Waals surface area contributed by atoms with E-state index in [0.717, 1.165) is 28.4 Å². The van der Waals surface area contributed by atoms with Gasteiger partial charge in [0, 0.05) is 39.6 Å². The molecule has 6 aromatic rings. The van der Waals surface area contributed by atoms with Crippen molar-refractivity contribution in [3.8, 4) is 11.6 Å². The van der Waals surface area contributed by atoms with Gasteiger partial charge in [-0.05, 0) is 49.4 Å². The third kappa shape index (κ3) is 3.31. The summed E-state index contributed by atoms with van der Waals surface area (Å²) in [5.74, 6) is 0.764. The molecule has 0 bridgehead atoms. The van der Waals surface area contributed by atoms with Crippen LogP contribution in [0, 0.1) is 0 Å². The number of hydrogen-bond acceptors (Lipinski definition) is 4. The molecule has 0 spiro atoms. The third-order valence-corrected chi connectivity index (χ3v) is 6.16. The van der Waals surface area contributed by atoms with Gasteiger partial charge in [-0.1, -0.05) is 41.9 Å². The van der Waals surface area contributed by atoms with Crippen LogP contribution in [0.2, 0.25) is 5.02 Å². The number of para-hydroxylation sites is 2. The highest BCUT2D eigenvalue weighted by Gasteiger charge is 2.17. The van der Waals surface area contributed by atoms with Crippen molar-refractivity contribution in [1.82, 2.24) is 14.2 Å². The fourth-order valence-electron chi connectivity index (χ4n) is 4.27. The molecule has 6 rings (SSSR count). The predicted octanol–water partition coefficient (Wildman–Crippen LogP) is 6.32. The van der Waals surface area contributed by atoms with E-state index >= 15 is 0 Å². The molecule has 0 saturated heterocycles. The molecular formula is C27H19ClN4O2. The van der Waals surface area contributed by atoms with Gasteiger partial charge >= 0.3 is 0 Å². The third-order valence-electron chi connectivity index (χ3n) is 5.92. The van der Waals surface area contributed by atoms with E-state index in [2.05, 4.69) is 22.7 Å². The molecule has 0 saturated carbocycles. The van der Waals surface area contributed by atoms with Crippen molar-refractivity contribution in [2.75, 3.05) is 0 Å². The lowest BCUT2D eigenvalue weighted by atomic mass is 10.2. The van der Waals surface area contributed by atoms with Crippen LogP contribution in [0.1, 0.15) is 12.5 Å². The van der Waals surface area contributed by atoms with Gasteiger partial charge in [0.1, 0.15) is 5.58 Å². The monoisotopic (exact) mass is 466 g/mol. The van der Waals surface area contributed by atoms with Crippen LogP contribution in [0.15, 0.2) is 93.3 Å². The first-order valence-corrected chi connectivity index (χ1v) is 11.3. The summed E-state index contributed by atoms with van der Waals surface area (Å²) in [7, 11) is 0. The summed E-state index contributed by atoms with van der Waals surface area (Å²) in [6.45, 7) is 2.93. The van der Waals surface area contributed by atoms with Crippen LogP contribution < -0.4 is 5.56 Å². The van der Waals surface area contributed by atoms with Gasteiger partial charge in [0.05, 0.1) is 17.1 Å². The van der Waals surface area contributed by atoms with Crippen LogP contribution in [-0.4, -0.2) is 20.4 Å². The minimum Gasteiger partial charge on any atom is -0.453 e. The Morgan fingerprint density at radius 3 is 2.68 bits per heavy atom. The lowest BCUT2D eigenvalue weighted by molar-refractivity contribution is 0.616. The van der Waals surface area contributed by atoms with Gasteiger partial charge in [0.15, 0.2) is 5.76 Å². The standard InChI is InChI=1S/C27H19ClN4O2/c1-2-31-16-18(20-7-4-6-10-23(20)31)15-29-32-26(30-22-9-5-3-8-21(22)27(32)33)25-14-17-13-19(28)11-12-24(17)34-25/h3-16H,2H2,1H3. The van der Waals surface area contributed by atoms with Gasteiger partial charge in [0.2, 0.25) is 5.82 Å². The highest BCUT2D eigenvalue weighted by atomic mass is 35.5. The van der Waals surface area contributed by atoms with Crippen LogP contribution in [0.3, 0.4) is 0 Å². The molecule has 0 aliphatic rings. The zero-order valence-electron chi connectivity index (χ0n) is 18.3. The normalized spacial score (nSPS) is 11.9. The second-order valence-corrected chi connectivity index (χ2v) is 8.43. The number of hydrogen-bond donors (Lipinski definition) is 0. The van der Waals surface area contributed by atoms with Gasteiger partial charge in [-0.25, -0.2) is 4.98 Å². The van der Waals surface area contributed by atoms with Crippen molar-refractivity contribution in [1.29, 1.82) is 0 Å². The molecule has 34 heavy (non-hydrogen) atoms. The fraction of sp³-hybridized carbons (Fsp3) is 0.0741. The van der Waals surface area contributed by atoms with E-state index in [9.17, 15) is 4.79 Å². The van der Waals surface area contributed by atoms with E-state index in [4.69, 9.17) is 21.0 Å². The first kappa shape index (κ1) is 20.4. The summed E-state index contributed by atoms with van der Waals surface area (Å²) in [6, 6.07) is 22.6. The number of halogens is 1. The number of benzene rings is 3. The van der Waals surface area contributed by atoms with E-state index in [0.29, 0.717) is 33.1 Å². The maximum Gasteiger partial charge on any atom is 0.282 e. The molecule has 0 aliphatic carbocycles. The van der Waals surface area contributed by atoms with Crippen LogP contribution in [0.4, 0.5) is 0 Å². The first-order chi connectivity index (χ1) is 16.6. The summed E-state index contributed by atoms with van der Waals surface area (Å²) >= 11 is 6.15. The van der Waals surface area contributed by atoms with Gasteiger partial charge in [-0.15, -0.1) is 0 Å². The maximum absolute atomic E-state index is 13.5. The molecule has 6 nitrogen and oxygen atoms in total. The fourth-order valence-corrected chi connectivity index (χ4v) is 4.45. The van der Waals surface area contributed by atoms with Crippen LogP contribution in [0.5, 0.6) is 0 Å². The van der Waals surface area contributed by atoms with E-state index in [-0.39, 0.29) is 5.56 Å². The van der Waals surface area contributed by atoms with Crippen molar-refractivity contribution >= 4 is 50.6 Å². The van der Waals surface area contributed by atoms with Crippen molar-refractivity contribution in [3.05, 3.63) is 99.9 Å². The second kappa shape index (κ2) is 8.01. The second-order valence-electron chi connectivity index (χ2n) is 7.99. The molecule has 3 aromatic carbocycles. The average molecular weight is 467 g/mol. The lowest BCUT2D eigenvalue weighted by Crippen LogP contribution is -2.20. The van der Waals surface area contributed by atoms with Gasteiger partial charge in [-0.2, -0.15) is 9.78 Å². The Morgan fingerprint density at radius 2 is 1.82 bits per heavy atom. The quantitative estimate of drug-likeness (QED) is 0.285. The summed E-state index contributed by atoms with van der Waals surface area (Å²) in [6.07, 6.45) is 3.74. The van der Waals surface area contributed by atoms with E-state index in [1.54, 1.807) is 24.4 Å². The van der Waals surface area contributed by atoms with Gasteiger partial charge in [0.25, 0.3) is 5.56 Å². The minimum atomic E-state index is -0.269. The highest BCUT2D eigenvalue weighted by molar-refractivity contribution is 6.31. The molecule has 3 heterocycles. The Morgan fingerprint density at radius 1 is 1.03 bits per heavy atom. The van der Waals surface area contributed by atoms with E-state index in [1.807, 2.05) is 54.7 Å². The molecule has 0 N–H and O–H groups in total. The molecule has 0 atom stereocenters. The SMILES string of the molecule is CCn1cc(C=Nn2c(-c3cc4cc(Cl)ccc4o3)nc3ccccc3c2=O)c2ccccc21. The molecule has 166 valence electrons. The topological polar surface area (TPSA) is 65.3 Å². The Kier molecular flexibility index (Phi) is 4.81. The van der Waals surface area contributed by atoms with Crippen molar-refractivity contribution < 1.29 is 4.42 Å². The summed E-state index contributed by atoms with van der Waals surface area (Å²) in [5.41, 5.74) is 3.00. The van der Waals surface area contributed by atoms with Crippen molar-refractivity contribution in [2.45, 2.75) is 13.5 Å². The molecule has 0 aliphatic heterocycles. The predicted molar refractivity (Wildman–Crippen MR) is 137 cm³/mol. The molecule has 7 heteroatoms. The molecule has 0 amide bonds. The Labute approximate surface area is 199 Å². The number of rotatable bonds is 4. The smallest absolute Gasteiger partial charge is 0.282 e. The largest absolute Gasteiger partial charge is 0.453 e. The zero-order chi connectivity index (χ0) is 23.2. The van der Waals surface area contributed by atoms with Gasteiger partial charge < -0.3 is 8.98 Å². The number of furan rings is 1. The van der Waals surface area contributed by atoms with E-state index < -0.39 is 0 Å². The summed E-state index contributed by atoms with van der Waals surface area (Å²) < 4.78 is 9.50. The zero-order valence-corrected chi connectivity index (χ0v) is 19.0. The number of fused-ring (bicyclic) bond motifs is 3. The first-order valence-electron chi connectivity index (χ1n) is 11.0. The Hall–Kier alpha value is -4.16. The Balaban J connectivity index is 1.58. The van der Waals surface area contributed by atoms with Gasteiger partial charge in [-0.3, -0.25) is 4.79 Å². The minimum absolute atomic E-state index is 0.269. The van der Waals surface area contributed by atoms with Crippen LogP contribution in [0.25, 0.3) is 44.4 Å². The average Bonchev–Trinajstić information content (AvgIpc) is 3.44. The molecule has 3 aromatic heterocycles. The van der Waals surface area contributed by atoms with Crippen molar-refractivity contribution in [2.24, 2.45) is 5.10 Å². The van der Waals surface area contributed by atoms with Crippen LogP contribution >= 0.6 is 11.6 Å². The lowest BCUT2D eigenvalue weighted by Gasteiger charge is -2.07. The number of nitrogens with zero attached hydrogens (tertiary/aromatic N) is 4. The molecule has 0 fully saturated rings. The van der Waals surface area contributed by atoms with Crippen LogP contribution in [-0.2, 0) is 6.54 Å². The molecule has 0 radical (unpaired) electrons. The maximum atomic E-state index is 13.5. The summed E-state index contributed by atoms with van der Waals surface area (Å²) in [5, 5.41) is 7.59. The number of aromatic nitrogens is 3. The molecule has 0 unspecified atom stereocenters. The molecular weight excluding hydrogens is 448 g/mol. The Bertz CT molecular complexity index is 1790. The van der Waals surface area contributed by atoms with E-state index in [1.165, 1.54) is 4.68 Å². The number of aryl methyl sites for hydroxylation is 1. The summed E-state index contributed by atoms with van der Waals surface area (Å²) in [4.78, 5) is 18.2.